The maximum atomic E-state index is 5.61. The fourth-order valence-corrected chi connectivity index (χ4v) is 1.60. The third-order valence-electron chi connectivity index (χ3n) is 2.23. The summed E-state index contributed by atoms with van der Waals surface area (Å²) in [5.74, 6) is 0.569. The molecule has 14 heavy (non-hydrogen) atoms. The molecule has 1 aliphatic rings. The van der Waals surface area contributed by atoms with Gasteiger partial charge in [0, 0.05) is 0 Å². The molecule has 1 saturated heterocycles. The van der Waals surface area contributed by atoms with Crippen LogP contribution in [0.15, 0.2) is 30.3 Å². The van der Waals surface area contributed by atoms with Crippen LogP contribution in [0.2, 0.25) is 0 Å². The molecule has 0 N–H and O–H groups in total. The Balaban J connectivity index is 1.64. The van der Waals surface area contributed by atoms with E-state index in [4.69, 9.17) is 21.1 Å². The first-order valence-corrected chi connectivity index (χ1v) is 5.26. The molecular formula is C11H13ClO2. The number of rotatable bonds is 5. The van der Waals surface area contributed by atoms with Crippen molar-refractivity contribution in [3.05, 3.63) is 35.9 Å². The van der Waals surface area contributed by atoms with Gasteiger partial charge in [-0.15, -0.1) is 11.6 Å². The van der Waals surface area contributed by atoms with Crippen LogP contribution in [0.3, 0.4) is 0 Å². The lowest BCUT2D eigenvalue weighted by molar-refractivity contribution is 0.104. The van der Waals surface area contributed by atoms with E-state index in [2.05, 4.69) is 0 Å². The Bertz CT molecular complexity index is 276. The first-order chi connectivity index (χ1) is 6.90. The van der Waals surface area contributed by atoms with E-state index in [0.717, 1.165) is 0 Å². The van der Waals surface area contributed by atoms with Gasteiger partial charge in [-0.25, -0.2) is 0 Å². The topological polar surface area (TPSA) is 21.8 Å². The fraction of sp³-hybridized carbons (Fsp3) is 0.455. The van der Waals surface area contributed by atoms with Crippen molar-refractivity contribution in [3.63, 3.8) is 0 Å². The second kappa shape index (κ2) is 4.78. The summed E-state index contributed by atoms with van der Waals surface area (Å²) in [6, 6.07) is 10.1. The third-order valence-corrected chi connectivity index (χ3v) is 2.54. The number of benzene rings is 1. The average Bonchev–Trinajstić information content (AvgIpc) is 2.98. The zero-order valence-electron chi connectivity index (χ0n) is 7.86. The van der Waals surface area contributed by atoms with Crippen LogP contribution >= 0.6 is 11.6 Å². The highest BCUT2D eigenvalue weighted by Crippen LogP contribution is 2.23. The maximum absolute atomic E-state index is 5.61. The minimum absolute atomic E-state index is 0.215. The Labute approximate surface area is 88.8 Å². The zero-order valence-corrected chi connectivity index (χ0v) is 8.61. The molecule has 3 heteroatoms. The average molecular weight is 213 g/mol. The quantitative estimate of drug-likeness (QED) is 0.552. The largest absolute Gasteiger partial charge is 0.374 e. The molecule has 0 spiro atoms. The van der Waals surface area contributed by atoms with Gasteiger partial charge in [-0.1, -0.05) is 30.3 Å². The highest BCUT2D eigenvalue weighted by Gasteiger charge is 2.37. The van der Waals surface area contributed by atoms with E-state index < -0.39 is 0 Å². The molecule has 1 aromatic carbocycles. The Morgan fingerprint density at radius 3 is 2.64 bits per heavy atom. The van der Waals surface area contributed by atoms with Crippen molar-refractivity contribution in [2.45, 2.75) is 18.8 Å². The molecule has 2 atom stereocenters. The summed E-state index contributed by atoms with van der Waals surface area (Å²) in [5, 5.41) is 0. The lowest BCUT2D eigenvalue weighted by atomic mass is 10.2. The molecule has 1 fully saturated rings. The Morgan fingerprint density at radius 1 is 1.21 bits per heavy atom. The Hall–Kier alpha value is -0.570. The number of halogens is 1. The number of hydrogen-bond acceptors (Lipinski definition) is 2. The molecule has 0 bridgehead atoms. The molecule has 1 aromatic rings. The third kappa shape index (κ3) is 2.71. The van der Waals surface area contributed by atoms with Crippen LogP contribution < -0.4 is 0 Å². The minimum atomic E-state index is 0.215. The Morgan fingerprint density at radius 2 is 2.00 bits per heavy atom. The summed E-state index contributed by atoms with van der Waals surface area (Å²) in [6.45, 7) is 1.29. The van der Waals surface area contributed by atoms with Gasteiger partial charge in [-0.2, -0.15) is 0 Å². The van der Waals surface area contributed by atoms with Gasteiger partial charge in [0.1, 0.15) is 12.2 Å². The first kappa shape index (κ1) is 9.97. The van der Waals surface area contributed by atoms with Gasteiger partial charge in [0.05, 0.1) is 19.1 Å². The van der Waals surface area contributed by atoms with Gasteiger partial charge in [0.15, 0.2) is 0 Å². The molecule has 1 heterocycles. The number of hydrogen-bond donors (Lipinski definition) is 0. The molecule has 0 aromatic heterocycles. The number of ether oxygens (including phenoxy) is 2. The van der Waals surface area contributed by atoms with E-state index in [0.29, 0.717) is 19.1 Å². The highest BCUT2D eigenvalue weighted by molar-refractivity contribution is 6.18. The van der Waals surface area contributed by atoms with E-state index >= 15 is 0 Å². The van der Waals surface area contributed by atoms with Crippen molar-refractivity contribution in [1.82, 2.24) is 0 Å². The van der Waals surface area contributed by atoms with Gasteiger partial charge in [-0.3, -0.25) is 0 Å². The maximum Gasteiger partial charge on any atom is 0.109 e. The minimum Gasteiger partial charge on any atom is -0.374 e. The predicted molar refractivity (Wildman–Crippen MR) is 55.5 cm³/mol. The van der Waals surface area contributed by atoms with Gasteiger partial charge in [0.25, 0.3) is 0 Å². The van der Waals surface area contributed by atoms with Crippen LogP contribution in [-0.4, -0.2) is 24.7 Å². The van der Waals surface area contributed by atoms with Gasteiger partial charge in [0.2, 0.25) is 0 Å². The van der Waals surface area contributed by atoms with Gasteiger partial charge in [-0.05, 0) is 5.56 Å². The fourth-order valence-electron chi connectivity index (χ4n) is 1.33. The van der Waals surface area contributed by atoms with Crippen LogP contribution in [0.4, 0.5) is 0 Å². The lowest BCUT2D eigenvalue weighted by Gasteiger charge is -2.01. The first-order valence-electron chi connectivity index (χ1n) is 4.73. The normalized spacial score (nSPS) is 24.9. The second-order valence-electron chi connectivity index (χ2n) is 3.37. The molecular weight excluding hydrogens is 200 g/mol. The summed E-state index contributed by atoms with van der Waals surface area (Å²) in [5.41, 5.74) is 1.19. The smallest absolute Gasteiger partial charge is 0.109 e. The highest BCUT2D eigenvalue weighted by atomic mass is 35.5. The summed E-state index contributed by atoms with van der Waals surface area (Å²) >= 11 is 5.61. The monoisotopic (exact) mass is 212 g/mol. The summed E-state index contributed by atoms with van der Waals surface area (Å²) in [4.78, 5) is 0. The van der Waals surface area contributed by atoms with Crippen molar-refractivity contribution < 1.29 is 9.47 Å². The second-order valence-corrected chi connectivity index (χ2v) is 3.68. The van der Waals surface area contributed by atoms with Crippen molar-refractivity contribution in [3.8, 4) is 0 Å². The molecule has 1 aliphatic heterocycles. The molecule has 0 unspecified atom stereocenters. The summed E-state index contributed by atoms with van der Waals surface area (Å²) < 4.78 is 10.7. The van der Waals surface area contributed by atoms with Crippen molar-refractivity contribution in [2.75, 3.05) is 12.5 Å². The zero-order chi connectivity index (χ0) is 9.80. The van der Waals surface area contributed by atoms with Crippen LogP contribution in [0.25, 0.3) is 0 Å². The van der Waals surface area contributed by atoms with Crippen LogP contribution in [0, 0.1) is 0 Å². The van der Waals surface area contributed by atoms with Gasteiger partial charge >= 0.3 is 0 Å². The summed E-state index contributed by atoms with van der Waals surface area (Å²) in [7, 11) is 0. The van der Waals surface area contributed by atoms with E-state index in [1.165, 1.54) is 5.56 Å². The molecule has 0 saturated carbocycles. The summed E-state index contributed by atoms with van der Waals surface area (Å²) in [6.07, 6.45) is 0.434. The number of alkyl halides is 1. The van der Waals surface area contributed by atoms with Crippen molar-refractivity contribution in [2.24, 2.45) is 0 Å². The standard InChI is InChI=1S/C11H13ClO2/c12-6-10-11(14-10)8-13-7-9-4-2-1-3-5-9/h1-5,10-11H,6-8H2/t10-,11-/m0/s1. The van der Waals surface area contributed by atoms with Gasteiger partial charge < -0.3 is 9.47 Å². The Kier molecular flexibility index (Phi) is 3.40. The molecule has 2 rings (SSSR count). The molecule has 0 amide bonds. The van der Waals surface area contributed by atoms with E-state index in [1.807, 2.05) is 30.3 Å². The van der Waals surface area contributed by atoms with Crippen molar-refractivity contribution in [1.29, 1.82) is 0 Å². The SMILES string of the molecule is ClC[C@@H]1O[C@H]1COCc1ccccc1. The lowest BCUT2D eigenvalue weighted by Crippen LogP contribution is -2.05. The predicted octanol–water partition coefficient (Wildman–Crippen LogP) is 2.21. The van der Waals surface area contributed by atoms with Crippen LogP contribution in [0.5, 0.6) is 0 Å². The molecule has 0 aliphatic carbocycles. The van der Waals surface area contributed by atoms with Crippen LogP contribution in [0.1, 0.15) is 5.56 Å². The molecule has 2 nitrogen and oxygen atoms in total. The molecule has 76 valence electrons. The number of epoxide rings is 1. The van der Waals surface area contributed by atoms with E-state index in [-0.39, 0.29) is 12.2 Å². The van der Waals surface area contributed by atoms with E-state index in [9.17, 15) is 0 Å². The van der Waals surface area contributed by atoms with Crippen molar-refractivity contribution >= 4 is 11.6 Å². The van der Waals surface area contributed by atoms with E-state index in [1.54, 1.807) is 0 Å². The molecule has 0 radical (unpaired) electrons. The van der Waals surface area contributed by atoms with Crippen LogP contribution in [-0.2, 0) is 16.1 Å².